The highest BCUT2D eigenvalue weighted by Gasteiger charge is 2.36. The molecule has 0 spiro atoms. The van der Waals surface area contributed by atoms with Gasteiger partial charge < -0.3 is 4.90 Å². The van der Waals surface area contributed by atoms with Crippen LogP contribution in [0.4, 0.5) is 11.4 Å². The Morgan fingerprint density at radius 1 is 1.00 bits per heavy atom. The zero-order chi connectivity index (χ0) is 13.9. The summed E-state index contributed by atoms with van der Waals surface area (Å²) in [4.78, 5) is 42.2. The number of fused-ring (bicyclic) bond motifs is 2. The molecule has 4 rings (SSSR count). The van der Waals surface area contributed by atoms with Gasteiger partial charge in [0.25, 0.3) is 0 Å². The molecule has 0 fully saturated rings. The molecule has 0 aliphatic carbocycles. The largest absolute Gasteiger partial charge is 0.311 e. The van der Waals surface area contributed by atoms with E-state index in [0.717, 1.165) is 5.56 Å². The molecule has 1 aromatic carbocycles. The van der Waals surface area contributed by atoms with Crippen LogP contribution in [0, 0.1) is 0 Å². The second-order valence-electron chi connectivity index (χ2n) is 5.30. The van der Waals surface area contributed by atoms with Crippen molar-refractivity contribution in [3.8, 4) is 0 Å². The first kappa shape index (κ1) is 11.5. The van der Waals surface area contributed by atoms with E-state index in [-0.39, 0.29) is 23.9 Å². The maximum atomic E-state index is 12.1. The fraction of sp³-hybridized carbons (Fsp3) is 0.333. The first-order valence-corrected chi connectivity index (χ1v) is 6.76. The van der Waals surface area contributed by atoms with Gasteiger partial charge in [-0.2, -0.15) is 0 Å². The number of rotatable bonds is 0. The normalized spacial score (nSPS) is 20.0. The SMILES string of the molecule is O=C1CC=Nc2c1cc1c3c2CCC(=O)N3CCC1=O. The van der Waals surface area contributed by atoms with Gasteiger partial charge in [-0.25, -0.2) is 0 Å². The molecule has 0 saturated carbocycles. The maximum absolute atomic E-state index is 12.1. The predicted octanol–water partition coefficient (Wildman–Crippen LogP) is 1.84. The van der Waals surface area contributed by atoms with Crippen molar-refractivity contribution >= 4 is 35.1 Å². The third-order valence-electron chi connectivity index (χ3n) is 4.19. The van der Waals surface area contributed by atoms with E-state index in [1.807, 2.05) is 0 Å². The van der Waals surface area contributed by atoms with Crippen LogP contribution in [-0.4, -0.2) is 30.2 Å². The minimum Gasteiger partial charge on any atom is -0.311 e. The molecule has 3 aliphatic heterocycles. The highest BCUT2D eigenvalue weighted by molar-refractivity contribution is 6.17. The average molecular weight is 268 g/mol. The van der Waals surface area contributed by atoms with Crippen molar-refractivity contribution in [3.63, 3.8) is 0 Å². The predicted molar refractivity (Wildman–Crippen MR) is 73.2 cm³/mol. The maximum Gasteiger partial charge on any atom is 0.227 e. The summed E-state index contributed by atoms with van der Waals surface area (Å²) in [6.45, 7) is 0.439. The summed E-state index contributed by atoms with van der Waals surface area (Å²) in [6.07, 6.45) is 3.19. The van der Waals surface area contributed by atoms with Gasteiger partial charge >= 0.3 is 0 Å². The van der Waals surface area contributed by atoms with E-state index in [9.17, 15) is 14.4 Å². The molecule has 20 heavy (non-hydrogen) atoms. The van der Waals surface area contributed by atoms with E-state index in [0.29, 0.717) is 48.3 Å². The average Bonchev–Trinajstić information content (AvgIpc) is 2.45. The Bertz CT molecular complexity index is 718. The number of aliphatic imine (C=N–C) groups is 1. The van der Waals surface area contributed by atoms with Crippen molar-refractivity contribution in [2.45, 2.75) is 25.7 Å². The molecule has 0 radical (unpaired) electrons. The minimum absolute atomic E-state index is 0.00382. The van der Waals surface area contributed by atoms with Crippen molar-refractivity contribution < 1.29 is 14.4 Å². The van der Waals surface area contributed by atoms with Crippen LogP contribution in [0.25, 0.3) is 0 Å². The quantitative estimate of drug-likeness (QED) is 0.721. The molecule has 0 N–H and O–H groups in total. The number of ketones is 2. The number of carbonyl (C=O) groups is 3. The Morgan fingerprint density at radius 3 is 2.70 bits per heavy atom. The number of anilines is 1. The van der Waals surface area contributed by atoms with Gasteiger partial charge in [0.15, 0.2) is 11.6 Å². The fourth-order valence-corrected chi connectivity index (χ4v) is 3.24. The molecule has 0 saturated heterocycles. The molecule has 0 unspecified atom stereocenters. The Kier molecular flexibility index (Phi) is 2.22. The van der Waals surface area contributed by atoms with Crippen LogP contribution in [0.15, 0.2) is 11.1 Å². The lowest BCUT2D eigenvalue weighted by atomic mass is 9.85. The Balaban J connectivity index is 2.07. The molecule has 0 aromatic heterocycles. The van der Waals surface area contributed by atoms with Gasteiger partial charge in [0.1, 0.15) is 0 Å². The van der Waals surface area contributed by atoms with E-state index < -0.39 is 0 Å². The van der Waals surface area contributed by atoms with Gasteiger partial charge in [-0.1, -0.05) is 0 Å². The smallest absolute Gasteiger partial charge is 0.227 e. The highest BCUT2D eigenvalue weighted by Crippen LogP contribution is 2.43. The van der Waals surface area contributed by atoms with Crippen molar-refractivity contribution in [2.75, 3.05) is 11.4 Å². The van der Waals surface area contributed by atoms with E-state index in [2.05, 4.69) is 4.99 Å². The fourth-order valence-electron chi connectivity index (χ4n) is 3.24. The number of Topliss-reactive ketones (excluding diaryl/α,β-unsaturated/α-hetero) is 2. The molecule has 1 aromatic rings. The standard InChI is InChI=1S/C15H12N2O3/c18-11-3-5-16-14-8-1-2-13(20)17-6-4-12(19)10(15(8)17)7-9(11)14/h5,7H,1-4,6H2. The van der Waals surface area contributed by atoms with Gasteiger partial charge in [-0.15, -0.1) is 0 Å². The molecule has 0 atom stereocenters. The zero-order valence-corrected chi connectivity index (χ0v) is 10.8. The zero-order valence-electron chi connectivity index (χ0n) is 10.8. The van der Waals surface area contributed by atoms with E-state index >= 15 is 0 Å². The van der Waals surface area contributed by atoms with E-state index in [1.54, 1.807) is 17.2 Å². The molecule has 5 nitrogen and oxygen atoms in total. The Labute approximate surface area is 115 Å². The first-order valence-electron chi connectivity index (χ1n) is 6.76. The van der Waals surface area contributed by atoms with Crippen LogP contribution in [0.3, 0.4) is 0 Å². The summed E-state index contributed by atoms with van der Waals surface area (Å²) in [5.41, 5.74) is 3.29. The van der Waals surface area contributed by atoms with Gasteiger partial charge in [0.2, 0.25) is 5.91 Å². The van der Waals surface area contributed by atoms with Gasteiger partial charge in [-0.3, -0.25) is 19.4 Å². The topological polar surface area (TPSA) is 66.8 Å². The summed E-state index contributed by atoms with van der Waals surface area (Å²) >= 11 is 0. The number of hydrogen-bond acceptors (Lipinski definition) is 4. The second-order valence-corrected chi connectivity index (χ2v) is 5.30. The molecule has 5 heteroatoms. The van der Waals surface area contributed by atoms with E-state index in [1.165, 1.54) is 0 Å². The lowest BCUT2D eigenvalue weighted by Crippen LogP contribution is -2.41. The number of amides is 1. The van der Waals surface area contributed by atoms with Crippen molar-refractivity contribution in [3.05, 3.63) is 22.8 Å². The number of carbonyl (C=O) groups excluding carboxylic acids is 3. The number of nitrogens with zero attached hydrogens (tertiary/aromatic N) is 2. The monoisotopic (exact) mass is 268 g/mol. The van der Waals surface area contributed by atoms with Gasteiger partial charge in [0, 0.05) is 48.7 Å². The highest BCUT2D eigenvalue weighted by atomic mass is 16.2. The number of benzene rings is 1. The van der Waals surface area contributed by atoms with Crippen LogP contribution < -0.4 is 4.90 Å². The van der Waals surface area contributed by atoms with E-state index in [4.69, 9.17) is 0 Å². The summed E-state index contributed by atoms with van der Waals surface area (Å²) in [5, 5.41) is 0. The van der Waals surface area contributed by atoms with Crippen molar-refractivity contribution in [2.24, 2.45) is 4.99 Å². The molecule has 3 aliphatic rings. The molecule has 0 bridgehead atoms. The summed E-state index contributed by atoms with van der Waals surface area (Å²) in [7, 11) is 0. The third-order valence-corrected chi connectivity index (χ3v) is 4.19. The van der Waals surface area contributed by atoms with Crippen LogP contribution >= 0.6 is 0 Å². The molecular formula is C15H12N2O3. The van der Waals surface area contributed by atoms with Crippen LogP contribution in [0.5, 0.6) is 0 Å². The lowest BCUT2D eigenvalue weighted by molar-refractivity contribution is -0.118. The van der Waals surface area contributed by atoms with Crippen LogP contribution in [0.2, 0.25) is 0 Å². The number of hydrogen-bond donors (Lipinski definition) is 0. The first-order chi connectivity index (χ1) is 9.66. The van der Waals surface area contributed by atoms with Crippen LogP contribution in [-0.2, 0) is 11.2 Å². The Hall–Kier alpha value is -2.30. The molecule has 100 valence electrons. The molecule has 1 amide bonds. The second kappa shape index (κ2) is 3.85. The molecule has 3 heterocycles. The summed E-state index contributed by atoms with van der Waals surface area (Å²) < 4.78 is 0. The van der Waals surface area contributed by atoms with Crippen molar-refractivity contribution in [1.82, 2.24) is 0 Å². The summed E-state index contributed by atoms with van der Waals surface area (Å²) in [6, 6.07) is 1.64. The van der Waals surface area contributed by atoms with Gasteiger partial charge in [-0.05, 0) is 12.5 Å². The Morgan fingerprint density at radius 2 is 1.85 bits per heavy atom. The summed E-state index contributed by atoms with van der Waals surface area (Å²) in [5.74, 6) is 0.0607. The lowest BCUT2D eigenvalue weighted by Gasteiger charge is -2.35. The van der Waals surface area contributed by atoms with Crippen molar-refractivity contribution in [1.29, 1.82) is 0 Å². The van der Waals surface area contributed by atoms with Gasteiger partial charge in [0.05, 0.1) is 11.4 Å². The minimum atomic E-state index is -0.00382. The van der Waals surface area contributed by atoms with Crippen LogP contribution in [0.1, 0.15) is 45.5 Å². The molecular weight excluding hydrogens is 256 g/mol. The third kappa shape index (κ3) is 1.37.